The zero-order valence-corrected chi connectivity index (χ0v) is 14.6. The van der Waals surface area contributed by atoms with Gasteiger partial charge in [-0.3, -0.25) is 10.1 Å². The summed E-state index contributed by atoms with van der Waals surface area (Å²) in [6, 6.07) is 14.8. The van der Waals surface area contributed by atoms with Gasteiger partial charge in [0.25, 0.3) is 5.91 Å². The van der Waals surface area contributed by atoms with E-state index in [2.05, 4.69) is 10.6 Å². The fourth-order valence-corrected chi connectivity index (χ4v) is 2.71. The molecule has 2 rings (SSSR count). The molecule has 0 heterocycles. The standard InChI is InChI=1S/C18H18N2O4S/c1-19-18(23)20-16(21)15(12-8-4-3-5-9-12)24-17(22)13-10-6-7-11-14(13)25-2/h3-11,15H,1-2H3,(H2,19,20,21,23)/t15-/m0/s1. The Hall–Kier alpha value is -2.80. The molecule has 2 N–H and O–H groups in total. The van der Waals surface area contributed by atoms with Gasteiger partial charge in [-0.2, -0.15) is 0 Å². The number of benzene rings is 2. The van der Waals surface area contributed by atoms with Crippen LogP contribution in [0.1, 0.15) is 22.0 Å². The highest BCUT2D eigenvalue weighted by molar-refractivity contribution is 7.98. The van der Waals surface area contributed by atoms with Crippen LogP contribution >= 0.6 is 11.8 Å². The number of carbonyl (C=O) groups excluding carboxylic acids is 3. The summed E-state index contributed by atoms with van der Waals surface area (Å²) < 4.78 is 5.43. The Labute approximate surface area is 149 Å². The van der Waals surface area contributed by atoms with Crippen molar-refractivity contribution in [3.63, 3.8) is 0 Å². The normalized spacial score (nSPS) is 11.3. The van der Waals surface area contributed by atoms with Crippen molar-refractivity contribution in [3.8, 4) is 0 Å². The lowest BCUT2D eigenvalue weighted by molar-refractivity contribution is -0.129. The summed E-state index contributed by atoms with van der Waals surface area (Å²) in [5.74, 6) is -1.36. The second-order valence-corrected chi connectivity index (χ2v) is 5.81. The predicted octanol–water partition coefficient (Wildman–Crippen LogP) is 2.76. The number of esters is 1. The first kappa shape index (κ1) is 18.5. The Morgan fingerprint density at radius 1 is 1.00 bits per heavy atom. The molecule has 25 heavy (non-hydrogen) atoms. The molecule has 0 saturated carbocycles. The van der Waals surface area contributed by atoms with Crippen molar-refractivity contribution in [3.05, 3.63) is 65.7 Å². The van der Waals surface area contributed by atoms with Crippen LogP contribution in [0.15, 0.2) is 59.5 Å². The van der Waals surface area contributed by atoms with E-state index in [4.69, 9.17) is 4.74 Å². The van der Waals surface area contributed by atoms with Crippen LogP contribution in [0, 0.1) is 0 Å². The number of imide groups is 1. The summed E-state index contributed by atoms with van der Waals surface area (Å²) in [6.07, 6.45) is 0.611. The fraction of sp³-hybridized carbons (Fsp3) is 0.167. The molecule has 0 spiro atoms. The largest absolute Gasteiger partial charge is 0.444 e. The lowest BCUT2D eigenvalue weighted by atomic mass is 10.1. The molecular weight excluding hydrogens is 340 g/mol. The molecule has 0 fully saturated rings. The quantitative estimate of drug-likeness (QED) is 0.634. The number of rotatable bonds is 5. The zero-order chi connectivity index (χ0) is 18.2. The number of nitrogens with one attached hydrogen (secondary N) is 2. The highest BCUT2D eigenvalue weighted by Crippen LogP contribution is 2.24. The average molecular weight is 358 g/mol. The van der Waals surface area contributed by atoms with E-state index in [1.807, 2.05) is 12.3 Å². The smallest absolute Gasteiger partial charge is 0.340 e. The average Bonchev–Trinajstić information content (AvgIpc) is 2.66. The van der Waals surface area contributed by atoms with Crippen LogP contribution in [-0.4, -0.2) is 31.2 Å². The van der Waals surface area contributed by atoms with Gasteiger partial charge in [0.2, 0.25) is 6.10 Å². The van der Waals surface area contributed by atoms with Gasteiger partial charge in [-0.25, -0.2) is 9.59 Å². The Kier molecular flexibility index (Phi) is 6.59. The van der Waals surface area contributed by atoms with Gasteiger partial charge in [-0.15, -0.1) is 11.8 Å². The van der Waals surface area contributed by atoms with Crippen molar-refractivity contribution in [2.24, 2.45) is 0 Å². The van der Waals surface area contributed by atoms with E-state index >= 15 is 0 Å². The number of thioether (sulfide) groups is 1. The maximum Gasteiger partial charge on any atom is 0.340 e. The minimum atomic E-state index is -1.24. The maximum absolute atomic E-state index is 12.6. The third-order valence-electron chi connectivity index (χ3n) is 3.36. The van der Waals surface area contributed by atoms with E-state index in [-0.39, 0.29) is 0 Å². The summed E-state index contributed by atoms with van der Waals surface area (Å²) in [6.45, 7) is 0. The van der Waals surface area contributed by atoms with Gasteiger partial charge in [0.05, 0.1) is 5.56 Å². The number of urea groups is 1. The van der Waals surface area contributed by atoms with Gasteiger partial charge >= 0.3 is 12.0 Å². The Morgan fingerprint density at radius 3 is 2.28 bits per heavy atom. The summed E-state index contributed by atoms with van der Waals surface area (Å²) in [5, 5.41) is 4.43. The molecule has 0 unspecified atom stereocenters. The SMILES string of the molecule is CNC(=O)NC(=O)[C@@H](OC(=O)c1ccccc1SC)c1ccccc1. The first-order chi connectivity index (χ1) is 12.1. The van der Waals surface area contributed by atoms with Crippen LogP contribution in [0.3, 0.4) is 0 Å². The molecule has 0 aliphatic carbocycles. The second kappa shape index (κ2) is 8.89. The molecule has 0 aromatic heterocycles. The summed E-state index contributed by atoms with van der Waals surface area (Å²) in [4.78, 5) is 37.1. The number of hydrogen-bond acceptors (Lipinski definition) is 5. The van der Waals surface area contributed by atoms with E-state index < -0.39 is 24.0 Å². The van der Waals surface area contributed by atoms with Crippen LogP contribution in [0.25, 0.3) is 0 Å². The van der Waals surface area contributed by atoms with Gasteiger partial charge in [-0.05, 0) is 18.4 Å². The van der Waals surface area contributed by atoms with Crippen molar-refractivity contribution < 1.29 is 19.1 Å². The molecular formula is C18H18N2O4S. The summed E-state index contributed by atoms with van der Waals surface area (Å²) in [5.41, 5.74) is 0.836. The van der Waals surface area contributed by atoms with Gasteiger partial charge in [-0.1, -0.05) is 42.5 Å². The molecule has 1 atom stereocenters. The Morgan fingerprint density at radius 2 is 1.64 bits per heavy atom. The van der Waals surface area contributed by atoms with Crippen molar-refractivity contribution in [2.45, 2.75) is 11.0 Å². The topological polar surface area (TPSA) is 84.5 Å². The molecule has 0 saturated heterocycles. The van der Waals surface area contributed by atoms with Crippen molar-refractivity contribution in [1.29, 1.82) is 0 Å². The molecule has 0 aliphatic rings. The van der Waals surface area contributed by atoms with E-state index in [1.165, 1.54) is 18.8 Å². The van der Waals surface area contributed by atoms with Gasteiger partial charge in [0.1, 0.15) is 0 Å². The van der Waals surface area contributed by atoms with Gasteiger partial charge in [0.15, 0.2) is 0 Å². The highest BCUT2D eigenvalue weighted by Gasteiger charge is 2.27. The zero-order valence-electron chi connectivity index (χ0n) is 13.8. The summed E-state index contributed by atoms with van der Waals surface area (Å²) in [7, 11) is 1.39. The van der Waals surface area contributed by atoms with E-state index in [9.17, 15) is 14.4 Å². The van der Waals surface area contributed by atoms with Gasteiger partial charge < -0.3 is 10.1 Å². The number of hydrogen-bond donors (Lipinski definition) is 2. The predicted molar refractivity (Wildman–Crippen MR) is 95.4 cm³/mol. The van der Waals surface area contributed by atoms with Crippen molar-refractivity contribution in [2.75, 3.05) is 13.3 Å². The second-order valence-electron chi connectivity index (χ2n) is 4.96. The Balaban J connectivity index is 2.28. The molecule has 0 radical (unpaired) electrons. The number of carbonyl (C=O) groups is 3. The number of amides is 3. The molecule has 130 valence electrons. The lowest BCUT2D eigenvalue weighted by Crippen LogP contribution is -2.41. The van der Waals surface area contributed by atoms with Gasteiger partial charge in [0, 0.05) is 17.5 Å². The van der Waals surface area contributed by atoms with Crippen LogP contribution in [0.2, 0.25) is 0 Å². The maximum atomic E-state index is 12.6. The van der Waals surface area contributed by atoms with Crippen LogP contribution in [0.5, 0.6) is 0 Å². The minimum absolute atomic E-state index is 0.365. The molecule has 2 aromatic rings. The third kappa shape index (κ3) is 4.84. The molecule has 0 aliphatic heterocycles. The first-order valence-electron chi connectivity index (χ1n) is 7.48. The number of ether oxygens (including phenoxy) is 1. The molecule has 2 aromatic carbocycles. The molecule has 0 bridgehead atoms. The van der Waals surface area contributed by atoms with Crippen molar-refractivity contribution in [1.82, 2.24) is 10.6 Å². The molecule has 7 heteroatoms. The summed E-state index contributed by atoms with van der Waals surface area (Å²) >= 11 is 1.40. The highest BCUT2D eigenvalue weighted by atomic mass is 32.2. The lowest BCUT2D eigenvalue weighted by Gasteiger charge is -2.18. The van der Waals surface area contributed by atoms with E-state index in [0.717, 1.165) is 4.90 Å². The molecule has 6 nitrogen and oxygen atoms in total. The fourth-order valence-electron chi connectivity index (χ4n) is 2.12. The van der Waals surface area contributed by atoms with Crippen LogP contribution in [0.4, 0.5) is 4.79 Å². The monoisotopic (exact) mass is 358 g/mol. The minimum Gasteiger partial charge on any atom is -0.444 e. The van der Waals surface area contributed by atoms with Crippen LogP contribution in [-0.2, 0) is 9.53 Å². The first-order valence-corrected chi connectivity index (χ1v) is 8.70. The van der Waals surface area contributed by atoms with Crippen molar-refractivity contribution >= 4 is 29.7 Å². The Bertz CT molecular complexity index is 765. The molecule has 3 amide bonds. The van der Waals surface area contributed by atoms with Crippen LogP contribution < -0.4 is 10.6 Å². The van der Waals surface area contributed by atoms with E-state index in [0.29, 0.717) is 11.1 Å². The third-order valence-corrected chi connectivity index (χ3v) is 4.15. The van der Waals surface area contributed by atoms with E-state index in [1.54, 1.807) is 48.5 Å².